The number of alkyl halides is 1. The lowest BCUT2D eigenvalue weighted by atomic mass is 9.88. The minimum atomic E-state index is -1.02. The summed E-state index contributed by atoms with van der Waals surface area (Å²) in [6, 6.07) is 0. The van der Waals surface area contributed by atoms with Crippen LogP contribution < -0.4 is 0 Å². The molecule has 1 fully saturated rings. The lowest BCUT2D eigenvalue weighted by Gasteiger charge is -2.42. The standard InChI is InChI=1S/C10H16Br2O3/c1-9(13,3-4-11)8-5-7(12)10(2,14)6-15-8/h3-4,7-8,13-14H,5-6H2,1-2H3/b4-3+/t7?,8?,9-,10?/m1/s1. The fraction of sp³-hybridized carbons (Fsp3) is 0.800. The van der Waals surface area contributed by atoms with Gasteiger partial charge in [0.25, 0.3) is 0 Å². The average molecular weight is 344 g/mol. The van der Waals surface area contributed by atoms with E-state index >= 15 is 0 Å². The van der Waals surface area contributed by atoms with Crippen molar-refractivity contribution in [2.45, 2.75) is 42.4 Å². The second kappa shape index (κ2) is 4.84. The number of rotatable bonds is 2. The van der Waals surface area contributed by atoms with Gasteiger partial charge in [0.05, 0.1) is 18.3 Å². The molecule has 0 saturated carbocycles. The number of hydrogen-bond acceptors (Lipinski definition) is 3. The van der Waals surface area contributed by atoms with Crippen LogP contribution in [0.25, 0.3) is 0 Å². The predicted octanol–water partition coefficient (Wildman–Crippen LogP) is 1.95. The Labute approximate surface area is 107 Å². The van der Waals surface area contributed by atoms with Crippen LogP contribution >= 0.6 is 31.9 Å². The van der Waals surface area contributed by atoms with Gasteiger partial charge in [0.15, 0.2) is 0 Å². The van der Waals surface area contributed by atoms with Crippen molar-refractivity contribution in [3.8, 4) is 0 Å². The molecule has 1 rings (SSSR count). The predicted molar refractivity (Wildman–Crippen MR) is 66.4 cm³/mol. The molecule has 4 atom stereocenters. The summed E-state index contributed by atoms with van der Waals surface area (Å²) in [6.45, 7) is 3.63. The lowest BCUT2D eigenvalue weighted by molar-refractivity contribution is -0.152. The van der Waals surface area contributed by atoms with Crippen molar-refractivity contribution >= 4 is 31.9 Å². The highest BCUT2D eigenvalue weighted by atomic mass is 79.9. The van der Waals surface area contributed by atoms with E-state index in [1.54, 1.807) is 24.9 Å². The van der Waals surface area contributed by atoms with E-state index in [2.05, 4.69) is 31.9 Å². The first kappa shape index (κ1) is 13.6. The molecule has 0 aromatic rings. The van der Waals surface area contributed by atoms with E-state index in [0.29, 0.717) is 6.42 Å². The van der Waals surface area contributed by atoms with Crippen LogP contribution in [0.2, 0.25) is 0 Å². The summed E-state index contributed by atoms with van der Waals surface area (Å²) in [5.41, 5.74) is -1.89. The van der Waals surface area contributed by atoms with Crippen LogP contribution in [0.1, 0.15) is 20.3 Å². The maximum Gasteiger partial charge on any atom is 0.107 e. The minimum Gasteiger partial charge on any atom is -0.387 e. The molecular weight excluding hydrogens is 328 g/mol. The zero-order valence-electron chi connectivity index (χ0n) is 8.78. The normalized spacial score (nSPS) is 41.7. The zero-order chi connectivity index (χ0) is 11.7. The van der Waals surface area contributed by atoms with Crippen LogP contribution in [0.15, 0.2) is 11.1 Å². The van der Waals surface area contributed by atoms with Crippen LogP contribution in [0.5, 0.6) is 0 Å². The Bertz CT molecular complexity index is 251. The van der Waals surface area contributed by atoms with E-state index in [1.807, 2.05) is 0 Å². The average Bonchev–Trinajstić information content (AvgIpc) is 2.09. The largest absolute Gasteiger partial charge is 0.387 e. The molecule has 1 saturated heterocycles. The molecule has 1 heterocycles. The monoisotopic (exact) mass is 342 g/mol. The Morgan fingerprint density at radius 1 is 1.60 bits per heavy atom. The Morgan fingerprint density at radius 2 is 2.20 bits per heavy atom. The maximum absolute atomic E-state index is 10.1. The molecule has 88 valence electrons. The fourth-order valence-electron chi connectivity index (χ4n) is 1.51. The molecule has 2 N–H and O–H groups in total. The van der Waals surface area contributed by atoms with Gasteiger partial charge in [-0.1, -0.05) is 31.9 Å². The number of ether oxygens (including phenoxy) is 1. The van der Waals surface area contributed by atoms with Gasteiger partial charge < -0.3 is 14.9 Å². The molecule has 0 aliphatic carbocycles. The second-order valence-corrected chi connectivity index (χ2v) is 6.01. The van der Waals surface area contributed by atoms with Gasteiger partial charge in [0.1, 0.15) is 5.60 Å². The molecule has 0 radical (unpaired) electrons. The summed E-state index contributed by atoms with van der Waals surface area (Å²) < 4.78 is 5.48. The fourth-order valence-corrected chi connectivity index (χ4v) is 2.52. The van der Waals surface area contributed by atoms with Crippen molar-refractivity contribution in [2.24, 2.45) is 0 Å². The topological polar surface area (TPSA) is 49.7 Å². The van der Waals surface area contributed by atoms with Gasteiger partial charge >= 0.3 is 0 Å². The van der Waals surface area contributed by atoms with Crippen molar-refractivity contribution < 1.29 is 14.9 Å². The second-order valence-electron chi connectivity index (χ2n) is 4.38. The third-order valence-corrected chi connectivity index (χ3v) is 4.35. The van der Waals surface area contributed by atoms with Crippen molar-refractivity contribution in [3.05, 3.63) is 11.1 Å². The van der Waals surface area contributed by atoms with Crippen molar-refractivity contribution in [1.29, 1.82) is 0 Å². The van der Waals surface area contributed by atoms with Crippen molar-refractivity contribution in [3.63, 3.8) is 0 Å². The first-order valence-electron chi connectivity index (χ1n) is 4.78. The molecule has 0 spiro atoms. The van der Waals surface area contributed by atoms with E-state index in [1.165, 1.54) is 0 Å². The number of halogens is 2. The maximum atomic E-state index is 10.1. The first-order valence-corrected chi connectivity index (χ1v) is 6.61. The SMILES string of the molecule is CC1(O)COC([C@](C)(O)/C=C/Br)CC1Br. The van der Waals surface area contributed by atoms with Gasteiger partial charge in [-0.2, -0.15) is 0 Å². The van der Waals surface area contributed by atoms with Crippen molar-refractivity contribution in [2.75, 3.05) is 6.61 Å². The molecule has 0 aromatic carbocycles. The number of hydrogen-bond donors (Lipinski definition) is 2. The van der Waals surface area contributed by atoms with Crippen LogP contribution in [0.3, 0.4) is 0 Å². The highest BCUT2D eigenvalue weighted by molar-refractivity contribution is 9.11. The van der Waals surface area contributed by atoms with Crippen LogP contribution in [-0.4, -0.2) is 39.0 Å². The smallest absolute Gasteiger partial charge is 0.107 e. The molecule has 0 amide bonds. The van der Waals surface area contributed by atoms with Gasteiger partial charge in [0, 0.05) is 4.83 Å². The van der Waals surface area contributed by atoms with Gasteiger partial charge in [0.2, 0.25) is 0 Å². The van der Waals surface area contributed by atoms with E-state index in [-0.39, 0.29) is 17.5 Å². The molecule has 1 aliphatic heterocycles. The Morgan fingerprint density at radius 3 is 2.67 bits per heavy atom. The first-order chi connectivity index (χ1) is 6.79. The third kappa shape index (κ3) is 3.27. The summed E-state index contributed by atoms with van der Waals surface area (Å²) in [6.07, 6.45) is 1.89. The van der Waals surface area contributed by atoms with Crippen LogP contribution in [0.4, 0.5) is 0 Å². The summed E-state index contributed by atoms with van der Waals surface area (Å²) in [4.78, 5) is 1.55. The summed E-state index contributed by atoms with van der Waals surface area (Å²) >= 11 is 6.55. The van der Waals surface area contributed by atoms with Crippen molar-refractivity contribution in [1.82, 2.24) is 0 Å². The van der Waals surface area contributed by atoms with E-state index in [9.17, 15) is 10.2 Å². The molecule has 0 bridgehead atoms. The van der Waals surface area contributed by atoms with E-state index < -0.39 is 11.2 Å². The Hall–Kier alpha value is 0.580. The third-order valence-electron chi connectivity index (χ3n) is 2.72. The molecule has 1 aliphatic rings. The Balaban J connectivity index is 2.69. The quantitative estimate of drug-likeness (QED) is 0.753. The molecule has 3 nitrogen and oxygen atoms in total. The zero-order valence-corrected chi connectivity index (χ0v) is 12.0. The van der Waals surface area contributed by atoms with Crippen LogP contribution in [0, 0.1) is 0 Å². The molecule has 3 unspecified atom stereocenters. The van der Waals surface area contributed by atoms with E-state index in [0.717, 1.165) is 0 Å². The molecular formula is C10H16Br2O3. The molecule has 5 heteroatoms. The highest BCUT2D eigenvalue weighted by Crippen LogP contribution is 2.34. The van der Waals surface area contributed by atoms with Gasteiger partial charge in [-0.05, 0) is 31.3 Å². The van der Waals surface area contributed by atoms with Gasteiger partial charge in [-0.15, -0.1) is 0 Å². The lowest BCUT2D eigenvalue weighted by Crippen LogP contribution is -2.53. The molecule has 15 heavy (non-hydrogen) atoms. The summed E-state index contributed by atoms with van der Waals surface area (Å²) in [7, 11) is 0. The summed E-state index contributed by atoms with van der Waals surface area (Å²) in [5.74, 6) is 0. The summed E-state index contributed by atoms with van der Waals surface area (Å²) in [5, 5.41) is 20.0. The minimum absolute atomic E-state index is 0.0704. The van der Waals surface area contributed by atoms with Gasteiger partial charge in [-0.25, -0.2) is 0 Å². The van der Waals surface area contributed by atoms with Crippen LogP contribution in [-0.2, 0) is 4.74 Å². The highest BCUT2D eigenvalue weighted by Gasteiger charge is 2.43. The number of aliphatic hydroxyl groups is 2. The Kier molecular flexibility index (Phi) is 4.40. The molecule has 0 aromatic heterocycles. The van der Waals surface area contributed by atoms with Gasteiger partial charge in [-0.3, -0.25) is 0 Å². The van der Waals surface area contributed by atoms with E-state index in [4.69, 9.17) is 4.74 Å².